The van der Waals surface area contributed by atoms with Crippen LogP contribution in [-0.4, -0.2) is 29.6 Å². The summed E-state index contributed by atoms with van der Waals surface area (Å²) in [5.74, 6) is 1.53. The van der Waals surface area contributed by atoms with Crippen molar-refractivity contribution >= 4 is 5.91 Å². The summed E-state index contributed by atoms with van der Waals surface area (Å²) in [6.07, 6.45) is 4.52. The van der Waals surface area contributed by atoms with E-state index < -0.39 is 0 Å². The molecule has 0 aromatic rings. The van der Waals surface area contributed by atoms with E-state index in [1.54, 1.807) is 0 Å². The summed E-state index contributed by atoms with van der Waals surface area (Å²) in [7, 11) is 0. The third kappa shape index (κ3) is 3.71. The van der Waals surface area contributed by atoms with Crippen molar-refractivity contribution in [3.8, 4) is 0 Å². The van der Waals surface area contributed by atoms with E-state index in [1.165, 1.54) is 0 Å². The Morgan fingerprint density at radius 2 is 1.83 bits per heavy atom. The molecule has 0 aromatic carbocycles. The lowest BCUT2D eigenvalue weighted by Crippen LogP contribution is -2.39. The van der Waals surface area contributed by atoms with Crippen LogP contribution in [0.3, 0.4) is 0 Å². The van der Waals surface area contributed by atoms with Crippen molar-refractivity contribution in [2.75, 3.05) is 6.54 Å². The molecule has 0 saturated carbocycles. The highest BCUT2D eigenvalue weighted by Crippen LogP contribution is 2.21. The van der Waals surface area contributed by atoms with Crippen molar-refractivity contribution in [2.45, 2.75) is 72.5 Å². The highest BCUT2D eigenvalue weighted by Gasteiger charge is 2.38. The highest BCUT2D eigenvalue weighted by molar-refractivity contribution is 5.84. The molecule has 1 amide bonds. The Hall–Kier alpha value is -0.570. The van der Waals surface area contributed by atoms with Crippen LogP contribution in [0.1, 0.15) is 60.3 Å². The Morgan fingerprint density at radius 3 is 2.28 bits per heavy atom. The standard InChI is InChI=1S/C15H30N2O/c1-6-12(7-2)10-17-14(8-3)16-13(15(17)18)9-11(4)5/h11-14,16H,6-10H2,1-5H3. The molecule has 0 aromatic heterocycles. The molecular weight excluding hydrogens is 224 g/mol. The van der Waals surface area contributed by atoms with E-state index in [9.17, 15) is 4.79 Å². The number of amides is 1. The zero-order chi connectivity index (χ0) is 13.7. The SMILES string of the molecule is CCC(CC)CN1C(=O)C(CC(C)C)NC1CC. The molecule has 1 N–H and O–H groups in total. The fourth-order valence-electron chi connectivity index (χ4n) is 2.77. The van der Waals surface area contributed by atoms with Crippen LogP contribution < -0.4 is 5.32 Å². The van der Waals surface area contributed by atoms with Gasteiger partial charge in [-0.1, -0.05) is 47.5 Å². The second-order valence-electron chi connectivity index (χ2n) is 5.95. The molecule has 1 heterocycles. The first-order chi connectivity index (χ1) is 8.53. The van der Waals surface area contributed by atoms with Gasteiger partial charge in [-0.25, -0.2) is 0 Å². The van der Waals surface area contributed by atoms with Crippen molar-refractivity contribution in [1.82, 2.24) is 10.2 Å². The first-order valence-corrected chi connectivity index (χ1v) is 7.59. The van der Waals surface area contributed by atoms with Crippen LogP contribution in [-0.2, 0) is 4.79 Å². The predicted octanol–water partition coefficient (Wildman–Crippen LogP) is 3.01. The molecule has 0 bridgehead atoms. The van der Waals surface area contributed by atoms with Crippen LogP contribution in [0.2, 0.25) is 0 Å². The van der Waals surface area contributed by atoms with Gasteiger partial charge in [-0.3, -0.25) is 10.1 Å². The molecule has 1 aliphatic heterocycles. The Bertz CT molecular complexity index is 261. The Morgan fingerprint density at radius 1 is 1.22 bits per heavy atom. The molecule has 1 rings (SSSR count). The molecular formula is C15H30N2O. The number of nitrogens with zero attached hydrogens (tertiary/aromatic N) is 1. The number of carbonyl (C=O) groups excluding carboxylic acids is 1. The van der Waals surface area contributed by atoms with Gasteiger partial charge in [0, 0.05) is 6.54 Å². The maximum Gasteiger partial charge on any atom is 0.241 e. The summed E-state index contributed by atoms with van der Waals surface area (Å²) in [5, 5.41) is 3.50. The highest BCUT2D eigenvalue weighted by atomic mass is 16.2. The lowest BCUT2D eigenvalue weighted by molar-refractivity contribution is -0.131. The van der Waals surface area contributed by atoms with Crippen molar-refractivity contribution < 1.29 is 4.79 Å². The monoisotopic (exact) mass is 254 g/mol. The zero-order valence-corrected chi connectivity index (χ0v) is 12.7. The first kappa shape index (κ1) is 15.5. The van der Waals surface area contributed by atoms with E-state index in [0.717, 1.165) is 32.2 Å². The van der Waals surface area contributed by atoms with E-state index >= 15 is 0 Å². The number of nitrogens with one attached hydrogen (secondary N) is 1. The molecule has 3 heteroatoms. The normalized spacial score (nSPS) is 24.6. The summed E-state index contributed by atoms with van der Waals surface area (Å²) >= 11 is 0. The summed E-state index contributed by atoms with van der Waals surface area (Å²) < 4.78 is 0. The Labute approximate surface area is 112 Å². The average Bonchev–Trinajstić information content (AvgIpc) is 2.62. The van der Waals surface area contributed by atoms with Crippen molar-refractivity contribution in [2.24, 2.45) is 11.8 Å². The summed E-state index contributed by atoms with van der Waals surface area (Å²) in [5.41, 5.74) is 0. The Kier molecular flexibility index (Phi) is 6.13. The van der Waals surface area contributed by atoms with Crippen LogP contribution in [0, 0.1) is 11.8 Å². The molecule has 1 aliphatic rings. The van der Waals surface area contributed by atoms with Crippen molar-refractivity contribution in [3.05, 3.63) is 0 Å². The van der Waals surface area contributed by atoms with E-state index in [1.807, 2.05) is 0 Å². The van der Waals surface area contributed by atoms with E-state index in [4.69, 9.17) is 0 Å². The van der Waals surface area contributed by atoms with Gasteiger partial charge >= 0.3 is 0 Å². The van der Waals surface area contributed by atoms with E-state index in [2.05, 4.69) is 44.8 Å². The van der Waals surface area contributed by atoms with Crippen LogP contribution in [0.15, 0.2) is 0 Å². The summed E-state index contributed by atoms with van der Waals surface area (Å²) in [6.45, 7) is 11.9. The lowest BCUT2D eigenvalue weighted by Gasteiger charge is -2.27. The maximum atomic E-state index is 12.4. The van der Waals surface area contributed by atoms with Gasteiger partial charge in [0.05, 0.1) is 12.2 Å². The third-order valence-corrected chi connectivity index (χ3v) is 4.05. The molecule has 2 atom stereocenters. The lowest BCUT2D eigenvalue weighted by atomic mass is 10.0. The van der Waals surface area contributed by atoms with E-state index in [0.29, 0.717) is 17.7 Å². The van der Waals surface area contributed by atoms with Crippen molar-refractivity contribution in [3.63, 3.8) is 0 Å². The topological polar surface area (TPSA) is 32.3 Å². The molecule has 1 fully saturated rings. The molecule has 0 radical (unpaired) electrons. The number of hydrogen-bond donors (Lipinski definition) is 1. The second-order valence-corrected chi connectivity index (χ2v) is 5.95. The minimum absolute atomic E-state index is 0.0457. The molecule has 0 aliphatic carbocycles. The van der Waals surface area contributed by atoms with Gasteiger partial charge < -0.3 is 4.90 Å². The minimum atomic E-state index is 0.0457. The van der Waals surface area contributed by atoms with Gasteiger partial charge in [0.15, 0.2) is 0 Å². The number of carbonyl (C=O) groups is 1. The zero-order valence-electron chi connectivity index (χ0n) is 12.7. The van der Waals surface area contributed by atoms with Crippen LogP contribution in [0.25, 0.3) is 0 Å². The minimum Gasteiger partial charge on any atom is -0.326 e. The molecule has 2 unspecified atom stereocenters. The third-order valence-electron chi connectivity index (χ3n) is 4.05. The van der Waals surface area contributed by atoms with Gasteiger partial charge in [0.2, 0.25) is 5.91 Å². The molecule has 3 nitrogen and oxygen atoms in total. The van der Waals surface area contributed by atoms with Crippen LogP contribution in [0.4, 0.5) is 0 Å². The summed E-state index contributed by atoms with van der Waals surface area (Å²) in [4.78, 5) is 14.5. The van der Waals surface area contributed by atoms with Crippen LogP contribution >= 0.6 is 0 Å². The predicted molar refractivity (Wildman–Crippen MR) is 76.2 cm³/mol. The Balaban J connectivity index is 2.67. The smallest absolute Gasteiger partial charge is 0.241 e. The number of rotatable bonds is 7. The molecule has 0 spiro atoms. The van der Waals surface area contributed by atoms with Gasteiger partial charge in [-0.2, -0.15) is 0 Å². The molecule has 106 valence electrons. The quantitative estimate of drug-likeness (QED) is 0.757. The van der Waals surface area contributed by atoms with Gasteiger partial charge in [-0.15, -0.1) is 0 Å². The fraction of sp³-hybridized carbons (Fsp3) is 0.933. The largest absolute Gasteiger partial charge is 0.326 e. The van der Waals surface area contributed by atoms with Gasteiger partial charge in [-0.05, 0) is 24.7 Å². The molecule has 1 saturated heterocycles. The molecule has 18 heavy (non-hydrogen) atoms. The first-order valence-electron chi connectivity index (χ1n) is 7.59. The average molecular weight is 254 g/mol. The fourth-order valence-corrected chi connectivity index (χ4v) is 2.77. The van der Waals surface area contributed by atoms with E-state index in [-0.39, 0.29) is 12.2 Å². The van der Waals surface area contributed by atoms with Crippen molar-refractivity contribution in [1.29, 1.82) is 0 Å². The van der Waals surface area contributed by atoms with Gasteiger partial charge in [0.25, 0.3) is 0 Å². The number of hydrogen-bond acceptors (Lipinski definition) is 2. The second kappa shape index (κ2) is 7.13. The van der Waals surface area contributed by atoms with Gasteiger partial charge in [0.1, 0.15) is 0 Å². The maximum absolute atomic E-state index is 12.4. The summed E-state index contributed by atoms with van der Waals surface area (Å²) in [6, 6.07) is 0.0457. The van der Waals surface area contributed by atoms with Crippen LogP contribution in [0.5, 0.6) is 0 Å².